The molecule has 4 rings (SSSR count). The lowest BCUT2D eigenvalue weighted by Gasteiger charge is -2.19. The summed E-state index contributed by atoms with van der Waals surface area (Å²) in [4.78, 5) is 18.4. The molecule has 0 saturated carbocycles. The van der Waals surface area contributed by atoms with Crippen LogP contribution in [0.2, 0.25) is 0 Å². The molecule has 0 saturated heterocycles. The fourth-order valence-electron chi connectivity index (χ4n) is 3.23. The summed E-state index contributed by atoms with van der Waals surface area (Å²) >= 11 is 1.48. The van der Waals surface area contributed by atoms with Gasteiger partial charge < -0.3 is 4.57 Å². The van der Waals surface area contributed by atoms with Gasteiger partial charge in [0.05, 0.1) is 22.5 Å². The molecular formula is C23H22N2OS. The summed E-state index contributed by atoms with van der Waals surface area (Å²) in [5.74, 6) is 0.947. The molecule has 0 aliphatic carbocycles. The van der Waals surface area contributed by atoms with Crippen molar-refractivity contribution in [2.24, 2.45) is 0 Å². The third-order valence-electron chi connectivity index (χ3n) is 4.76. The molecule has 2 heterocycles. The van der Waals surface area contributed by atoms with Crippen molar-refractivity contribution in [1.82, 2.24) is 9.55 Å². The number of fused-ring (bicyclic) bond motifs is 1. The lowest BCUT2D eigenvalue weighted by Crippen LogP contribution is -2.12. The van der Waals surface area contributed by atoms with Gasteiger partial charge in [-0.15, -0.1) is 11.3 Å². The Bertz CT molecular complexity index is 1080. The van der Waals surface area contributed by atoms with Crippen LogP contribution in [0.25, 0.3) is 22.4 Å². The van der Waals surface area contributed by atoms with E-state index in [1.54, 1.807) is 0 Å². The average molecular weight is 375 g/mol. The Hall–Kier alpha value is -2.72. The monoisotopic (exact) mass is 374 g/mol. The highest BCUT2D eigenvalue weighted by molar-refractivity contribution is 7.12. The Morgan fingerprint density at radius 1 is 1.00 bits per heavy atom. The SMILES string of the molecule is CC(C)(C)c1ccc(-c2nc3ccccc3n2CC(=O)c2cccs2)cc1. The first-order chi connectivity index (χ1) is 12.9. The van der Waals surface area contributed by atoms with Crippen LogP contribution in [-0.2, 0) is 12.0 Å². The van der Waals surface area contributed by atoms with E-state index >= 15 is 0 Å². The molecule has 4 aromatic rings. The second-order valence-electron chi connectivity index (χ2n) is 7.74. The smallest absolute Gasteiger partial charge is 0.192 e. The molecule has 0 atom stereocenters. The van der Waals surface area contributed by atoms with Crippen LogP contribution in [0.4, 0.5) is 0 Å². The number of para-hydroxylation sites is 2. The second kappa shape index (κ2) is 6.78. The molecule has 0 N–H and O–H groups in total. The van der Waals surface area contributed by atoms with E-state index in [4.69, 9.17) is 4.98 Å². The van der Waals surface area contributed by atoms with Crippen molar-refractivity contribution in [3.05, 3.63) is 76.5 Å². The largest absolute Gasteiger partial charge is 0.316 e. The molecule has 4 heteroatoms. The molecule has 27 heavy (non-hydrogen) atoms. The number of rotatable bonds is 4. The predicted molar refractivity (Wildman–Crippen MR) is 113 cm³/mol. The molecule has 0 spiro atoms. The van der Waals surface area contributed by atoms with Gasteiger partial charge in [-0.2, -0.15) is 0 Å². The van der Waals surface area contributed by atoms with Gasteiger partial charge in [0, 0.05) is 5.56 Å². The molecule has 0 bridgehead atoms. The number of carbonyl (C=O) groups excluding carboxylic acids is 1. The van der Waals surface area contributed by atoms with Crippen LogP contribution >= 0.6 is 11.3 Å². The van der Waals surface area contributed by atoms with Crippen LogP contribution in [0.1, 0.15) is 36.0 Å². The first-order valence-electron chi connectivity index (χ1n) is 9.06. The Labute approximate surface area is 163 Å². The van der Waals surface area contributed by atoms with Gasteiger partial charge in [0.25, 0.3) is 0 Å². The van der Waals surface area contributed by atoms with Crippen molar-refractivity contribution < 1.29 is 4.79 Å². The number of nitrogens with zero attached hydrogens (tertiary/aromatic N) is 2. The number of Topliss-reactive ketones (excluding diaryl/α,β-unsaturated/α-hetero) is 1. The summed E-state index contributed by atoms with van der Waals surface area (Å²) in [5.41, 5.74) is 4.30. The van der Waals surface area contributed by atoms with Crippen molar-refractivity contribution >= 4 is 28.2 Å². The summed E-state index contributed by atoms with van der Waals surface area (Å²) in [7, 11) is 0. The van der Waals surface area contributed by atoms with Gasteiger partial charge in [0.1, 0.15) is 5.82 Å². The van der Waals surface area contributed by atoms with Crippen molar-refractivity contribution in [2.45, 2.75) is 32.7 Å². The maximum absolute atomic E-state index is 12.7. The zero-order valence-electron chi connectivity index (χ0n) is 15.8. The van der Waals surface area contributed by atoms with Gasteiger partial charge in [-0.25, -0.2) is 4.98 Å². The van der Waals surface area contributed by atoms with Gasteiger partial charge in [-0.05, 0) is 34.6 Å². The van der Waals surface area contributed by atoms with Crippen LogP contribution in [-0.4, -0.2) is 15.3 Å². The molecule has 0 fully saturated rings. The van der Waals surface area contributed by atoms with Crippen LogP contribution in [0, 0.1) is 0 Å². The number of hydrogen-bond donors (Lipinski definition) is 0. The van der Waals surface area contributed by atoms with Crippen LogP contribution in [0.15, 0.2) is 66.0 Å². The summed E-state index contributed by atoms with van der Waals surface area (Å²) < 4.78 is 2.03. The number of hydrogen-bond acceptors (Lipinski definition) is 3. The highest BCUT2D eigenvalue weighted by Gasteiger charge is 2.18. The minimum Gasteiger partial charge on any atom is -0.316 e. The Kier molecular flexibility index (Phi) is 4.44. The molecule has 0 radical (unpaired) electrons. The number of imidazole rings is 1. The third kappa shape index (κ3) is 3.45. The van der Waals surface area contributed by atoms with E-state index in [-0.39, 0.29) is 17.7 Å². The Morgan fingerprint density at radius 3 is 2.41 bits per heavy atom. The molecular weight excluding hydrogens is 352 g/mol. The Balaban J connectivity index is 1.79. The molecule has 136 valence electrons. The number of carbonyl (C=O) groups is 1. The van der Waals surface area contributed by atoms with Crippen molar-refractivity contribution in [2.75, 3.05) is 0 Å². The van der Waals surface area contributed by atoms with E-state index in [1.807, 2.05) is 46.3 Å². The second-order valence-corrected chi connectivity index (χ2v) is 8.69. The van der Waals surface area contributed by atoms with E-state index in [9.17, 15) is 4.79 Å². The highest BCUT2D eigenvalue weighted by Crippen LogP contribution is 2.28. The minimum absolute atomic E-state index is 0.105. The van der Waals surface area contributed by atoms with Gasteiger partial charge >= 0.3 is 0 Å². The fourth-order valence-corrected chi connectivity index (χ4v) is 3.89. The normalized spacial score (nSPS) is 11.8. The quantitative estimate of drug-likeness (QED) is 0.414. The van der Waals surface area contributed by atoms with Crippen molar-refractivity contribution in [3.63, 3.8) is 0 Å². The maximum Gasteiger partial charge on any atom is 0.192 e. The summed E-state index contributed by atoms with van der Waals surface area (Å²) in [6.07, 6.45) is 0. The molecule has 0 aliphatic heterocycles. The van der Waals surface area contributed by atoms with Crippen molar-refractivity contribution in [3.8, 4) is 11.4 Å². The average Bonchev–Trinajstić information content (AvgIpc) is 3.30. The van der Waals surface area contributed by atoms with E-state index in [1.165, 1.54) is 16.9 Å². The molecule has 3 nitrogen and oxygen atoms in total. The Morgan fingerprint density at radius 2 is 1.74 bits per heavy atom. The fraction of sp³-hybridized carbons (Fsp3) is 0.217. The van der Waals surface area contributed by atoms with Gasteiger partial charge in [0.2, 0.25) is 0 Å². The number of benzene rings is 2. The molecule has 2 aromatic carbocycles. The van der Waals surface area contributed by atoms with Gasteiger partial charge in [-0.1, -0.05) is 63.2 Å². The summed E-state index contributed by atoms with van der Waals surface area (Å²) in [6, 6.07) is 20.3. The summed E-state index contributed by atoms with van der Waals surface area (Å²) in [5, 5.41) is 1.94. The van der Waals surface area contributed by atoms with Crippen molar-refractivity contribution in [1.29, 1.82) is 0 Å². The van der Waals surface area contributed by atoms with E-state index < -0.39 is 0 Å². The first kappa shape index (κ1) is 17.7. The maximum atomic E-state index is 12.7. The van der Waals surface area contributed by atoms with Gasteiger partial charge in [-0.3, -0.25) is 4.79 Å². The van der Waals surface area contributed by atoms with Crippen LogP contribution in [0.3, 0.4) is 0 Å². The van der Waals surface area contributed by atoms with E-state index in [0.717, 1.165) is 27.3 Å². The van der Waals surface area contributed by atoms with E-state index in [2.05, 4.69) is 45.0 Å². The number of aromatic nitrogens is 2. The zero-order valence-corrected chi connectivity index (χ0v) is 16.6. The minimum atomic E-state index is 0.105. The van der Waals surface area contributed by atoms with Gasteiger partial charge in [0.15, 0.2) is 5.78 Å². The molecule has 0 unspecified atom stereocenters. The van der Waals surface area contributed by atoms with E-state index in [0.29, 0.717) is 0 Å². The zero-order chi connectivity index (χ0) is 19.0. The number of thiophene rings is 1. The van der Waals surface area contributed by atoms with Crippen LogP contribution < -0.4 is 0 Å². The lowest BCUT2D eigenvalue weighted by molar-refractivity contribution is 0.0978. The summed E-state index contributed by atoms with van der Waals surface area (Å²) in [6.45, 7) is 6.90. The lowest BCUT2D eigenvalue weighted by atomic mass is 9.87. The predicted octanol–water partition coefficient (Wildman–Crippen LogP) is 5.95. The standard InChI is InChI=1S/C23H22N2OS/c1-23(2,3)17-12-10-16(11-13-17)22-24-18-7-4-5-8-19(18)25(22)15-20(26)21-9-6-14-27-21/h4-14H,15H2,1-3H3. The first-order valence-corrected chi connectivity index (χ1v) is 9.94. The third-order valence-corrected chi connectivity index (χ3v) is 5.67. The molecule has 0 amide bonds. The molecule has 0 aliphatic rings. The highest BCUT2D eigenvalue weighted by atomic mass is 32.1. The number of ketones is 1. The van der Waals surface area contributed by atoms with Crippen LogP contribution in [0.5, 0.6) is 0 Å². The molecule has 2 aromatic heterocycles. The topological polar surface area (TPSA) is 34.9 Å².